The maximum atomic E-state index is 13.1. The Hall–Kier alpha value is -2.46. The second kappa shape index (κ2) is 8.64. The third-order valence-corrected chi connectivity index (χ3v) is 9.99. The zero-order chi connectivity index (χ0) is 24.1. The maximum absolute atomic E-state index is 13.1. The molecule has 4 aliphatic rings. The summed E-state index contributed by atoms with van der Waals surface area (Å²) in [5.74, 6) is -0.611. The van der Waals surface area contributed by atoms with Crippen molar-refractivity contribution in [2.24, 2.45) is 5.92 Å². The molecule has 3 fully saturated rings. The van der Waals surface area contributed by atoms with E-state index in [1.165, 1.54) is 9.87 Å². The smallest absolute Gasteiger partial charge is 0.325 e. The number of urea groups is 1. The topological polar surface area (TPSA) is 107 Å². The molecule has 5 rings (SSSR count). The predicted octanol–water partition coefficient (Wildman–Crippen LogP) is 1.51. The van der Waals surface area contributed by atoms with Crippen LogP contribution in [-0.2, 0) is 32.5 Å². The molecule has 1 N–H and O–H groups in total. The summed E-state index contributed by atoms with van der Waals surface area (Å²) in [7, 11) is -3.63. The fraction of sp³-hybridized carbons (Fsp3) is 0.625. The summed E-state index contributed by atoms with van der Waals surface area (Å²) in [6, 6.07) is 4.86. The van der Waals surface area contributed by atoms with E-state index in [4.69, 9.17) is 0 Å². The van der Waals surface area contributed by atoms with Gasteiger partial charge in [0.1, 0.15) is 12.1 Å². The highest BCUT2D eigenvalue weighted by Gasteiger charge is 2.55. The van der Waals surface area contributed by atoms with E-state index in [1.54, 1.807) is 17.0 Å². The summed E-state index contributed by atoms with van der Waals surface area (Å²) in [5, 5.41) is 2.87. The number of aryl methyl sites for hydroxylation is 2. The van der Waals surface area contributed by atoms with Crippen molar-refractivity contribution in [3.8, 4) is 0 Å². The first-order chi connectivity index (χ1) is 16.2. The number of imide groups is 1. The third kappa shape index (κ3) is 3.80. The van der Waals surface area contributed by atoms with E-state index in [2.05, 4.69) is 5.32 Å². The second-order valence-electron chi connectivity index (χ2n) is 10.0. The van der Waals surface area contributed by atoms with Crippen molar-refractivity contribution in [2.45, 2.75) is 62.3 Å². The highest BCUT2D eigenvalue weighted by Crippen LogP contribution is 2.38. The molecule has 2 aliphatic carbocycles. The molecule has 2 atom stereocenters. The van der Waals surface area contributed by atoms with E-state index >= 15 is 0 Å². The van der Waals surface area contributed by atoms with Crippen LogP contribution in [0.3, 0.4) is 0 Å². The molecule has 0 aromatic heterocycles. The Bertz CT molecular complexity index is 1130. The quantitative estimate of drug-likeness (QED) is 0.647. The number of rotatable bonds is 4. The van der Waals surface area contributed by atoms with Crippen molar-refractivity contribution in [2.75, 3.05) is 32.7 Å². The lowest BCUT2D eigenvalue weighted by Crippen LogP contribution is -2.55. The number of benzene rings is 1. The standard InChI is InChI=1S/C24H32N4O5S/c1-17-5-2-3-10-24(17)22(30)28(23(31)25-24)16-21(29)26-11-13-27(14-12-26)34(32,33)20-9-8-18-6-4-7-19(18)15-20/h8-9,15,17H,2-7,10-14,16H2,1H3,(H,25,31)/t17-,24-/m0/s1. The molecule has 1 aromatic carbocycles. The molecule has 2 saturated heterocycles. The van der Waals surface area contributed by atoms with E-state index < -0.39 is 21.6 Å². The first-order valence-electron chi connectivity index (χ1n) is 12.3. The molecular weight excluding hydrogens is 456 g/mol. The van der Waals surface area contributed by atoms with E-state index in [0.717, 1.165) is 49.0 Å². The van der Waals surface area contributed by atoms with Gasteiger partial charge in [0.05, 0.1) is 4.90 Å². The Morgan fingerprint density at radius 3 is 2.53 bits per heavy atom. The number of piperazine rings is 1. The molecular formula is C24H32N4O5S. The number of carbonyl (C=O) groups excluding carboxylic acids is 3. The molecule has 184 valence electrons. The summed E-state index contributed by atoms with van der Waals surface area (Å²) >= 11 is 0. The van der Waals surface area contributed by atoms with Crippen LogP contribution in [-0.4, -0.2) is 78.6 Å². The number of nitrogens with zero attached hydrogens (tertiary/aromatic N) is 3. The van der Waals surface area contributed by atoms with Crippen molar-refractivity contribution in [3.05, 3.63) is 29.3 Å². The van der Waals surface area contributed by atoms with Gasteiger partial charge in [-0.2, -0.15) is 4.31 Å². The lowest BCUT2D eigenvalue weighted by Gasteiger charge is -2.37. The van der Waals surface area contributed by atoms with Crippen molar-refractivity contribution < 1.29 is 22.8 Å². The first-order valence-corrected chi connectivity index (χ1v) is 13.7. The van der Waals surface area contributed by atoms with Crippen LogP contribution in [0.2, 0.25) is 0 Å². The molecule has 4 amide bonds. The van der Waals surface area contributed by atoms with Crippen LogP contribution in [0.5, 0.6) is 0 Å². The lowest BCUT2D eigenvalue weighted by molar-refractivity contribution is -0.141. The van der Waals surface area contributed by atoms with E-state index in [1.807, 2.05) is 13.0 Å². The van der Waals surface area contributed by atoms with Crippen molar-refractivity contribution in [1.29, 1.82) is 0 Å². The summed E-state index contributed by atoms with van der Waals surface area (Å²) in [4.78, 5) is 41.5. The van der Waals surface area contributed by atoms with Crippen LogP contribution < -0.4 is 5.32 Å². The number of amides is 4. The summed E-state index contributed by atoms with van der Waals surface area (Å²) in [6.07, 6.45) is 6.33. The van der Waals surface area contributed by atoms with E-state index in [-0.39, 0.29) is 50.5 Å². The number of carbonyl (C=O) groups is 3. The summed E-state index contributed by atoms with van der Waals surface area (Å²) < 4.78 is 27.7. The van der Waals surface area contributed by atoms with Gasteiger partial charge in [0.25, 0.3) is 5.91 Å². The predicted molar refractivity (Wildman–Crippen MR) is 124 cm³/mol. The van der Waals surface area contributed by atoms with Crippen LogP contribution in [0.1, 0.15) is 50.2 Å². The molecule has 34 heavy (non-hydrogen) atoms. The van der Waals surface area contributed by atoms with Gasteiger partial charge in [-0.3, -0.25) is 14.5 Å². The SMILES string of the molecule is C[C@H]1CCCC[C@]12NC(=O)N(CC(=O)N1CCN(S(=O)(=O)c3ccc4c(c3)CCC4)CC1)C2=O. The molecule has 0 unspecified atom stereocenters. The van der Waals surface area contributed by atoms with E-state index in [9.17, 15) is 22.8 Å². The van der Waals surface area contributed by atoms with Crippen LogP contribution in [0, 0.1) is 5.92 Å². The number of nitrogens with one attached hydrogen (secondary N) is 1. The van der Waals surface area contributed by atoms with Gasteiger partial charge in [-0.15, -0.1) is 0 Å². The minimum atomic E-state index is -3.63. The summed E-state index contributed by atoms with van der Waals surface area (Å²) in [6.45, 7) is 2.50. The molecule has 9 nitrogen and oxygen atoms in total. The highest BCUT2D eigenvalue weighted by molar-refractivity contribution is 7.89. The molecule has 2 aliphatic heterocycles. The Balaban J connectivity index is 1.21. The Morgan fingerprint density at radius 2 is 1.79 bits per heavy atom. The van der Waals surface area contributed by atoms with Crippen LogP contribution in [0.4, 0.5) is 4.79 Å². The minimum absolute atomic E-state index is 0.0331. The Labute approximate surface area is 200 Å². The zero-order valence-electron chi connectivity index (χ0n) is 19.6. The molecule has 1 saturated carbocycles. The summed E-state index contributed by atoms with van der Waals surface area (Å²) in [5.41, 5.74) is 1.44. The van der Waals surface area contributed by atoms with Gasteiger partial charge in [-0.1, -0.05) is 25.8 Å². The maximum Gasteiger partial charge on any atom is 0.325 e. The zero-order valence-corrected chi connectivity index (χ0v) is 20.4. The van der Waals surface area contributed by atoms with E-state index in [0.29, 0.717) is 11.3 Å². The van der Waals surface area contributed by atoms with Gasteiger partial charge in [0.15, 0.2) is 0 Å². The van der Waals surface area contributed by atoms with Crippen LogP contribution in [0.25, 0.3) is 0 Å². The number of fused-ring (bicyclic) bond motifs is 1. The first kappa shape index (κ1) is 23.3. The van der Waals surface area contributed by atoms with Crippen LogP contribution >= 0.6 is 0 Å². The van der Waals surface area contributed by atoms with Gasteiger partial charge < -0.3 is 10.2 Å². The minimum Gasteiger partial charge on any atom is -0.338 e. The number of sulfonamides is 1. The van der Waals surface area contributed by atoms with Gasteiger partial charge >= 0.3 is 6.03 Å². The normalized spacial score (nSPS) is 27.9. The largest absolute Gasteiger partial charge is 0.338 e. The molecule has 1 aromatic rings. The van der Waals surface area contributed by atoms with Crippen molar-refractivity contribution in [3.63, 3.8) is 0 Å². The van der Waals surface area contributed by atoms with Crippen molar-refractivity contribution >= 4 is 27.9 Å². The second-order valence-corrected chi connectivity index (χ2v) is 11.9. The highest BCUT2D eigenvalue weighted by atomic mass is 32.2. The average molecular weight is 489 g/mol. The van der Waals surface area contributed by atoms with Crippen molar-refractivity contribution in [1.82, 2.24) is 19.4 Å². The van der Waals surface area contributed by atoms with Gasteiger partial charge in [-0.25, -0.2) is 13.2 Å². The molecule has 10 heteroatoms. The average Bonchev–Trinajstić information content (AvgIpc) is 3.39. The number of hydrogen-bond acceptors (Lipinski definition) is 5. The lowest BCUT2D eigenvalue weighted by atomic mass is 9.73. The Kier molecular flexibility index (Phi) is 5.92. The third-order valence-electron chi connectivity index (χ3n) is 8.09. The monoisotopic (exact) mass is 488 g/mol. The number of hydrogen-bond donors (Lipinski definition) is 1. The van der Waals surface area contributed by atoms with Gasteiger partial charge in [-0.05, 0) is 61.3 Å². The van der Waals surface area contributed by atoms with Gasteiger partial charge in [0, 0.05) is 26.2 Å². The fourth-order valence-electron chi connectivity index (χ4n) is 5.91. The van der Waals surface area contributed by atoms with Gasteiger partial charge in [0.2, 0.25) is 15.9 Å². The Morgan fingerprint density at radius 1 is 1.06 bits per heavy atom. The van der Waals surface area contributed by atoms with Crippen LogP contribution in [0.15, 0.2) is 23.1 Å². The molecule has 0 bridgehead atoms. The fourth-order valence-corrected chi connectivity index (χ4v) is 7.38. The molecule has 2 heterocycles. The molecule has 1 spiro atoms. The molecule has 0 radical (unpaired) electrons.